The molecule has 0 bridgehead atoms. The van der Waals surface area contributed by atoms with Gasteiger partial charge in [0.15, 0.2) is 5.82 Å². The summed E-state index contributed by atoms with van der Waals surface area (Å²) in [5.74, 6) is 2.25. The maximum absolute atomic E-state index is 5.45. The molecule has 1 aliphatic carbocycles. The van der Waals surface area contributed by atoms with Crippen molar-refractivity contribution >= 4 is 0 Å². The SMILES string of the molecule is CCOCCN1CCN([C@@H](C)c2nc(C3CC3)no2)CC1. The number of hydrogen-bond acceptors (Lipinski definition) is 6. The Morgan fingerprint density at radius 2 is 2.05 bits per heavy atom. The number of nitrogens with zero attached hydrogens (tertiary/aromatic N) is 4. The summed E-state index contributed by atoms with van der Waals surface area (Å²) in [6.07, 6.45) is 2.43. The highest BCUT2D eigenvalue weighted by atomic mass is 16.5. The first kappa shape index (κ1) is 14.9. The van der Waals surface area contributed by atoms with Crippen molar-refractivity contribution in [2.75, 3.05) is 45.9 Å². The van der Waals surface area contributed by atoms with Gasteiger partial charge in [-0.3, -0.25) is 9.80 Å². The maximum atomic E-state index is 5.45. The summed E-state index contributed by atoms with van der Waals surface area (Å²) >= 11 is 0. The fraction of sp³-hybridized carbons (Fsp3) is 0.867. The summed E-state index contributed by atoms with van der Waals surface area (Å²) in [6.45, 7) is 11.1. The van der Waals surface area contributed by atoms with Gasteiger partial charge in [0, 0.05) is 45.2 Å². The monoisotopic (exact) mass is 294 g/mol. The van der Waals surface area contributed by atoms with Gasteiger partial charge in [-0.1, -0.05) is 5.16 Å². The average molecular weight is 294 g/mol. The van der Waals surface area contributed by atoms with Crippen LogP contribution >= 0.6 is 0 Å². The van der Waals surface area contributed by atoms with Crippen molar-refractivity contribution in [3.8, 4) is 0 Å². The molecule has 1 aromatic rings. The Morgan fingerprint density at radius 1 is 1.29 bits per heavy atom. The molecular formula is C15H26N4O2. The predicted octanol–water partition coefficient (Wildman–Crippen LogP) is 1.66. The Balaban J connectivity index is 1.46. The number of aromatic nitrogens is 2. The molecule has 1 saturated carbocycles. The minimum Gasteiger partial charge on any atom is -0.380 e. The lowest BCUT2D eigenvalue weighted by Crippen LogP contribution is -2.48. The van der Waals surface area contributed by atoms with E-state index in [1.54, 1.807) is 0 Å². The number of ether oxygens (including phenoxy) is 1. The van der Waals surface area contributed by atoms with Crippen molar-refractivity contribution < 1.29 is 9.26 Å². The molecule has 6 nitrogen and oxygen atoms in total. The van der Waals surface area contributed by atoms with Crippen LogP contribution in [0.1, 0.15) is 50.4 Å². The molecule has 0 unspecified atom stereocenters. The van der Waals surface area contributed by atoms with Gasteiger partial charge in [0.1, 0.15) is 0 Å². The van der Waals surface area contributed by atoms with Crippen LogP contribution in [-0.4, -0.2) is 65.9 Å². The summed E-state index contributed by atoms with van der Waals surface area (Å²) in [4.78, 5) is 9.47. The summed E-state index contributed by atoms with van der Waals surface area (Å²) in [7, 11) is 0. The highest BCUT2D eigenvalue weighted by molar-refractivity contribution is 5.04. The Hall–Kier alpha value is -0.980. The van der Waals surface area contributed by atoms with E-state index in [2.05, 4.69) is 26.9 Å². The molecule has 0 amide bonds. The van der Waals surface area contributed by atoms with Crippen molar-refractivity contribution in [1.29, 1.82) is 0 Å². The highest BCUT2D eigenvalue weighted by Crippen LogP contribution is 2.38. The van der Waals surface area contributed by atoms with Crippen LogP contribution in [-0.2, 0) is 4.74 Å². The molecule has 1 aliphatic heterocycles. The second-order valence-corrected chi connectivity index (χ2v) is 6.02. The van der Waals surface area contributed by atoms with E-state index < -0.39 is 0 Å². The zero-order valence-electron chi connectivity index (χ0n) is 13.1. The fourth-order valence-corrected chi connectivity index (χ4v) is 2.79. The molecule has 3 rings (SSSR count). The molecule has 1 aromatic heterocycles. The third-order valence-corrected chi connectivity index (χ3v) is 4.47. The van der Waals surface area contributed by atoms with Crippen LogP contribution in [0.15, 0.2) is 4.52 Å². The van der Waals surface area contributed by atoms with E-state index in [0.717, 1.165) is 57.7 Å². The first-order chi connectivity index (χ1) is 10.3. The fourth-order valence-electron chi connectivity index (χ4n) is 2.79. The first-order valence-electron chi connectivity index (χ1n) is 8.15. The molecule has 2 aliphatic rings. The molecule has 0 aromatic carbocycles. The van der Waals surface area contributed by atoms with Crippen LogP contribution in [0.25, 0.3) is 0 Å². The van der Waals surface area contributed by atoms with E-state index in [1.807, 2.05) is 6.92 Å². The third kappa shape index (κ3) is 3.81. The van der Waals surface area contributed by atoms with Gasteiger partial charge in [0.2, 0.25) is 5.89 Å². The van der Waals surface area contributed by atoms with Gasteiger partial charge in [-0.05, 0) is 26.7 Å². The topological polar surface area (TPSA) is 54.6 Å². The Labute approximate surface area is 126 Å². The summed E-state index contributed by atoms with van der Waals surface area (Å²) < 4.78 is 10.9. The molecule has 118 valence electrons. The van der Waals surface area contributed by atoms with Crippen LogP contribution in [0, 0.1) is 0 Å². The van der Waals surface area contributed by atoms with E-state index in [0.29, 0.717) is 5.92 Å². The van der Waals surface area contributed by atoms with Crippen molar-refractivity contribution in [3.63, 3.8) is 0 Å². The van der Waals surface area contributed by atoms with Crippen molar-refractivity contribution in [2.24, 2.45) is 0 Å². The maximum Gasteiger partial charge on any atom is 0.243 e. The van der Waals surface area contributed by atoms with Crippen LogP contribution in [0.2, 0.25) is 0 Å². The smallest absolute Gasteiger partial charge is 0.243 e. The summed E-state index contributed by atoms with van der Waals surface area (Å²) in [6, 6.07) is 0.221. The van der Waals surface area contributed by atoms with E-state index in [4.69, 9.17) is 9.26 Å². The van der Waals surface area contributed by atoms with Crippen molar-refractivity contribution in [3.05, 3.63) is 11.7 Å². The van der Waals surface area contributed by atoms with Crippen LogP contribution in [0.4, 0.5) is 0 Å². The Morgan fingerprint density at radius 3 is 2.71 bits per heavy atom. The number of rotatable bonds is 7. The van der Waals surface area contributed by atoms with Crippen molar-refractivity contribution in [2.45, 2.75) is 38.6 Å². The van der Waals surface area contributed by atoms with Gasteiger partial charge in [0.05, 0.1) is 12.6 Å². The van der Waals surface area contributed by atoms with E-state index in [1.165, 1.54) is 12.8 Å². The predicted molar refractivity (Wildman–Crippen MR) is 79.2 cm³/mol. The number of piperazine rings is 1. The molecule has 2 heterocycles. The van der Waals surface area contributed by atoms with Gasteiger partial charge < -0.3 is 9.26 Å². The molecule has 0 spiro atoms. The van der Waals surface area contributed by atoms with Gasteiger partial charge in [-0.25, -0.2) is 0 Å². The first-order valence-corrected chi connectivity index (χ1v) is 8.15. The van der Waals surface area contributed by atoms with Gasteiger partial charge in [-0.2, -0.15) is 4.98 Å². The van der Waals surface area contributed by atoms with Crippen LogP contribution < -0.4 is 0 Å². The minimum atomic E-state index is 0.221. The highest BCUT2D eigenvalue weighted by Gasteiger charge is 2.31. The van der Waals surface area contributed by atoms with Gasteiger partial charge in [0.25, 0.3) is 0 Å². The Bertz CT molecular complexity index is 439. The average Bonchev–Trinajstić information content (AvgIpc) is 3.25. The molecule has 6 heteroatoms. The van der Waals surface area contributed by atoms with Crippen LogP contribution in [0.5, 0.6) is 0 Å². The third-order valence-electron chi connectivity index (χ3n) is 4.47. The van der Waals surface area contributed by atoms with E-state index in [9.17, 15) is 0 Å². The lowest BCUT2D eigenvalue weighted by atomic mass is 10.2. The lowest BCUT2D eigenvalue weighted by molar-refractivity contribution is 0.0607. The lowest BCUT2D eigenvalue weighted by Gasteiger charge is -2.36. The second-order valence-electron chi connectivity index (χ2n) is 6.02. The molecule has 1 atom stereocenters. The number of hydrogen-bond donors (Lipinski definition) is 0. The largest absolute Gasteiger partial charge is 0.380 e. The van der Waals surface area contributed by atoms with Crippen LogP contribution in [0.3, 0.4) is 0 Å². The normalized spacial score (nSPS) is 22.6. The molecular weight excluding hydrogens is 268 g/mol. The van der Waals surface area contributed by atoms with E-state index in [-0.39, 0.29) is 6.04 Å². The summed E-state index contributed by atoms with van der Waals surface area (Å²) in [5.41, 5.74) is 0. The molecule has 0 radical (unpaired) electrons. The standard InChI is InChI=1S/C15H26N4O2/c1-3-20-11-10-18-6-8-19(9-7-18)12(2)15-16-14(17-21-15)13-4-5-13/h12-13H,3-11H2,1-2H3/t12-/m0/s1. The molecule has 21 heavy (non-hydrogen) atoms. The Kier molecular flexibility index (Phi) is 4.87. The summed E-state index contributed by atoms with van der Waals surface area (Å²) in [5, 5.41) is 4.12. The molecule has 0 N–H and O–H groups in total. The zero-order chi connectivity index (χ0) is 14.7. The second kappa shape index (κ2) is 6.85. The van der Waals surface area contributed by atoms with Crippen molar-refractivity contribution in [1.82, 2.24) is 19.9 Å². The quantitative estimate of drug-likeness (QED) is 0.713. The zero-order valence-corrected chi connectivity index (χ0v) is 13.1. The molecule has 1 saturated heterocycles. The van der Waals surface area contributed by atoms with E-state index >= 15 is 0 Å². The van der Waals surface area contributed by atoms with Gasteiger partial charge >= 0.3 is 0 Å². The minimum absolute atomic E-state index is 0.221. The van der Waals surface area contributed by atoms with Gasteiger partial charge in [-0.15, -0.1) is 0 Å². The molecule has 2 fully saturated rings.